The molecule has 0 N–H and O–H groups in total. The smallest absolute Gasteiger partial charge is 0.243 e. The summed E-state index contributed by atoms with van der Waals surface area (Å²) in [5.41, 5.74) is 0.556. The third-order valence-corrected chi connectivity index (χ3v) is 5.55. The number of piperidine rings is 1. The van der Waals surface area contributed by atoms with Crippen molar-refractivity contribution in [2.75, 3.05) is 30.2 Å². The van der Waals surface area contributed by atoms with Gasteiger partial charge in [0.1, 0.15) is 6.54 Å². The summed E-state index contributed by atoms with van der Waals surface area (Å²) in [4.78, 5) is 14.4. The summed E-state index contributed by atoms with van der Waals surface area (Å²) in [5, 5.41) is 1.78. The number of fused-ring (bicyclic) bond motifs is 1. The SMILES string of the molecule is CS(=O)(=O)N(CC(=O)N1CCCCC1)c1cccc2ccccc12. The average Bonchev–Trinajstić information content (AvgIpc) is 2.59. The molecule has 1 aliphatic rings. The number of carbonyl (C=O) groups excluding carboxylic acids is 1. The van der Waals surface area contributed by atoms with Crippen molar-refractivity contribution in [1.82, 2.24) is 4.90 Å². The molecule has 0 aromatic heterocycles. The molecule has 0 saturated carbocycles. The van der Waals surface area contributed by atoms with E-state index in [1.54, 1.807) is 11.0 Å². The Kier molecular flexibility index (Phi) is 4.76. The summed E-state index contributed by atoms with van der Waals surface area (Å²) in [5.74, 6) is -0.131. The summed E-state index contributed by atoms with van der Waals surface area (Å²) >= 11 is 0. The van der Waals surface area contributed by atoms with Crippen molar-refractivity contribution in [3.05, 3.63) is 42.5 Å². The molecule has 6 heteroatoms. The molecule has 3 rings (SSSR count). The van der Waals surface area contributed by atoms with Gasteiger partial charge in [-0.1, -0.05) is 36.4 Å². The standard InChI is InChI=1S/C18H22N2O3S/c1-24(22,23)20(14-18(21)19-12-5-2-6-13-19)17-11-7-9-15-8-3-4-10-16(15)17/h3-4,7-11H,2,5-6,12-14H2,1H3. The van der Waals surface area contributed by atoms with Crippen molar-refractivity contribution < 1.29 is 13.2 Å². The van der Waals surface area contributed by atoms with Gasteiger partial charge in [-0.25, -0.2) is 8.42 Å². The van der Waals surface area contributed by atoms with Gasteiger partial charge in [0.2, 0.25) is 15.9 Å². The van der Waals surface area contributed by atoms with Crippen LogP contribution in [0.15, 0.2) is 42.5 Å². The maximum Gasteiger partial charge on any atom is 0.243 e. The van der Waals surface area contributed by atoms with Crippen LogP contribution in [0.5, 0.6) is 0 Å². The zero-order chi connectivity index (χ0) is 17.2. The van der Waals surface area contributed by atoms with Crippen LogP contribution in [0.3, 0.4) is 0 Å². The van der Waals surface area contributed by atoms with E-state index in [1.165, 1.54) is 4.31 Å². The fraction of sp³-hybridized carbons (Fsp3) is 0.389. The topological polar surface area (TPSA) is 57.7 Å². The van der Waals surface area contributed by atoms with Gasteiger partial charge in [0, 0.05) is 18.5 Å². The van der Waals surface area contributed by atoms with Crippen molar-refractivity contribution in [3.8, 4) is 0 Å². The second-order valence-corrected chi connectivity index (χ2v) is 8.12. The summed E-state index contributed by atoms with van der Waals surface area (Å²) in [6.07, 6.45) is 4.25. The lowest BCUT2D eigenvalue weighted by Crippen LogP contribution is -2.44. The Morgan fingerprint density at radius 1 is 1.04 bits per heavy atom. The Labute approximate surface area is 142 Å². The van der Waals surface area contributed by atoms with Gasteiger partial charge in [-0.15, -0.1) is 0 Å². The summed E-state index contributed by atoms with van der Waals surface area (Å²) in [6.45, 7) is 1.28. The van der Waals surface area contributed by atoms with Crippen molar-refractivity contribution in [2.24, 2.45) is 0 Å². The molecule has 0 bridgehead atoms. The van der Waals surface area contributed by atoms with Gasteiger partial charge in [-0.05, 0) is 30.7 Å². The van der Waals surface area contributed by atoms with E-state index in [0.717, 1.165) is 36.3 Å². The van der Waals surface area contributed by atoms with E-state index in [9.17, 15) is 13.2 Å². The number of amides is 1. The van der Waals surface area contributed by atoms with Crippen LogP contribution in [0.1, 0.15) is 19.3 Å². The zero-order valence-electron chi connectivity index (χ0n) is 13.8. The number of hydrogen-bond donors (Lipinski definition) is 0. The van der Waals surface area contributed by atoms with Gasteiger partial charge in [0.15, 0.2) is 0 Å². The van der Waals surface area contributed by atoms with Gasteiger partial charge < -0.3 is 4.90 Å². The molecule has 128 valence electrons. The van der Waals surface area contributed by atoms with E-state index in [-0.39, 0.29) is 12.5 Å². The van der Waals surface area contributed by atoms with Crippen LogP contribution < -0.4 is 4.31 Å². The molecule has 0 unspecified atom stereocenters. The summed E-state index contributed by atoms with van der Waals surface area (Å²) < 4.78 is 25.9. The van der Waals surface area contributed by atoms with Gasteiger partial charge in [0.25, 0.3) is 0 Å². The van der Waals surface area contributed by atoms with Crippen LogP contribution in [0, 0.1) is 0 Å². The van der Waals surface area contributed by atoms with Crippen LogP contribution >= 0.6 is 0 Å². The Balaban J connectivity index is 1.96. The molecule has 1 aliphatic heterocycles. The largest absolute Gasteiger partial charge is 0.341 e. The molecule has 5 nitrogen and oxygen atoms in total. The highest BCUT2D eigenvalue weighted by Gasteiger charge is 2.25. The molecule has 24 heavy (non-hydrogen) atoms. The van der Waals surface area contributed by atoms with Crippen LogP contribution in [0.4, 0.5) is 5.69 Å². The van der Waals surface area contributed by atoms with Crippen molar-refractivity contribution in [1.29, 1.82) is 0 Å². The number of rotatable bonds is 4. The highest BCUT2D eigenvalue weighted by atomic mass is 32.2. The number of anilines is 1. The monoisotopic (exact) mass is 346 g/mol. The quantitative estimate of drug-likeness (QED) is 0.855. The molecule has 0 spiro atoms. The molecule has 2 aromatic carbocycles. The highest BCUT2D eigenvalue weighted by molar-refractivity contribution is 7.92. The number of benzene rings is 2. The van der Waals surface area contributed by atoms with Crippen LogP contribution in [-0.4, -0.2) is 45.1 Å². The predicted molar refractivity (Wildman–Crippen MR) is 96.6 cm³/mol. The molecular formula is C18H22N2O3S. The third kappa shape index (κ3) is 3.53. The minimum atomic E-state index is -3.56. The van der Waals surface area contributed by atoms with E-state index >= 15 is 0 Å². The van der Waals surface area contributed by atoms with E-state index in [4.69, 9.17) is 0 Å². The van der Waals surface area contributed by atoms with E-state index in [1.807, 2.05) is 36.4 Å². The van der Waals surface area contributed by atoms with Crippen LogP contribution in [0.2, 0.25) is 0 Å². The first kappa shape index (κ1) is 16.8. The lowest BCUT2D eigenvalue weighted by molar-refractivity contribution is -0.130. The lowest BCUT2D eigenvalue weighted by atomic mass is 10.1. The maximum absolute atomic E-state index is 12.6. The zero-order valence-corrected chi connectivity index (χ0v) is 14.6. The molecule has 0 atom stereocenters. The van der Waals surface area contributed by atoms with Crippen LogP contribution in [0.25, 0.3) is 10.8 Å². The molecular weight excluding hydrogens is 324 g/mol. The molecule has 1 fully saturated rings. The summed E-state index contributed by atoms with van der Waals surface area (Å²) in [6, 6.07) is 13.1. The normalized spacial score (nSPS) is 15.5. The Hall–Kier alpha value is -2.08. The van der Waals surface area contributed by atoms with Gasteiger partial charge >= 0.3 is 0 Å². The number of nitrogens with zero attached hydrogens (tertiary/aromatic N) is 2. The lowest BCUT2D eigenvalue weighted by Gasteiger charge is -2.30. The van der Waals surface area contributed by atoms with Gasteiger partial charge in [-0.3, -0.25) is 9.10 Å². The second kappa shape index (κ2) is 6.81. The summed E-state index contributed by atoms with van der Waals surface area (Å²) in [7, 11) is -3.56. The van der Waals surface area contributed by atoms with Gasteiger partial charge in [-0.2, -0.15) is 0 Å². The first-order valence-corrected chi connectivity index (χ1v) is 10.0. The minimum absolute atomic E-state index is 0.131. The van der Waals surface area contributed by atoms with E-state index in [0.29, 0.717) is 18.8 Å². The fourth-order valence-electron chi connectivity index (χ4n) is 3.17. The van der Waals surface area contributed by atoms with Crippen LogP contribution in [-0.2, 0) is 14.8 Å². The molecule has 1 saturated heterocycles. The maximum atomic E-state index is 12.6. The Morgan fingerprint density at radius 2 is 1.71 bits per heavy atom. The number of sulfonamides is 1. The predicted octanol–water partition coefficient (Wildman–Crippen LogP) is 2.62. The minimum Gasteiger partial charge on any atom is -0.341 e. The first-order valence-electron chi connectivity index (χ1n) is 8.20. The number of hydrogen-bond acceptors (Lipinski definition) is 3. The Morgan fingerprint density at radius 3 is 2.42 bits per heavy atom. The van der Waals surface area contributed by atoms with E-state index < -0.39 is 10.0 Å². The van der Waals surface area contributed by atoms with Crippen molar-refractivity contribution in [3.63, 3.8) is 0 Å². The number of carbonyl (C=O) groups is 1. The highest BCUT2D eigenvalue weighted by Crippen LogP contribution is 2.28. The van der Waals surface area contributed by atoms with Crippen molar-refractivity contribution >= 4 is 32.4 Å². The first-order chi connectivity index (χ1) is 11.5. The van der Waals surface area contributed by atoms with E-state index in [2.05, 4.69) is 0 Å². The average molecular weight is 346 g/mol. The van der Waals surface area contributed by atoms with Gasteiger partial charge in [0.05, 0.1) is 11.9 Å². The molecule has 2 aromatic rings. The number of likely N-dealkylation sites (tertiary alicyclic amines) is 1. The fourth-order valence-corrected chi connectivity index (χ4v) is 4.03. The Bertz CT molecular complexity index is 837. The molecule has 0 aliphatic carbocycles. The molecule has 0 radical (unpaired) electrons. The second-order valence-electron chi connectivity index (χ2n) is 6.21. The molecule has 1 heterocycles. The third-order valence-electron chi connectivity index (χ3n) is 4.42. The molecule has 1 amide bonds. The van der Waals surface area contributed by atoms with Crippen molar-refractivity contribution in [2.45, 2.75) is 19.3 Å².